The van der Waals surface area contributed by atoms with E-state index in [0.717, 1.165) is 0 Å². The highest BCUT2D eigenvalue weighted by Gasteiger charge is 2.48. The molecule has 4 atom stereocenters. The van der Waals surface area contributed by atoms with Gasteiger partial charge in [-0.15, -0.1) is 0 Å². The number of pyridine rings is 1. The molecule has 1 amide bonds. The molecule has 2 saturated heterocycles. The van der Waals surface area contributed by atoms with Crippen molar-refractivity contribution in [2.75, 3.05) is 13.2 Å². The molecular formula is C26H24N2O5. The van der Waals surface area contributed by atoms with Gasteiger partial charge in [0.2, 0.25) is 0 Å². The van der Waals surface area contributed by atoms with Gasteiger partial charge in [-0.3, -0.25) is 14.6 Å². The van der Waals surface area contributed by atoms with Crippen molar-refractivity contribution in [3.63, 3.8) is 0 Å². The Kier molecular flexibility index (Phi) is 6.15. The fourth-order valence-corrected chi connectivity index (χ4v) is 4.34. The van der Waals surface area contributed by atoms with E-state index in [1.807, 2.05) is 42.5 Å². The fraction of sp³-hybridized carbons (Fsp3) is 0.269. The van der Waals surface area contributed by atoms with Crippen LogP contribution in [-0.4, -0.2) is 48.1 Å². The molecule has 5 rings (SSSR count). The summed E-state index contributed by atoms with van der Waals surface area (Å²) in [5, 5.41) is 2.97. The number of fused-ring (bicyclic) bond motifs is 1. The van der Waals surface area contributed by atoms with Crippen molar-refractivity contribution in [2.45, 2.75) is 24.7 Å². The lowest BCUT2D eigenvalue weighted by atomic mass is 9.92. The molecule has 0 radical (unpaired) electrons. The SMILES string of the molecule is O=C(C[C@H]1CO[C@H]2[C@@H]1OC[C@@H]2NC(=O)c1cccnc1)c1cccc(Oc2ccccc2)c1. The Morgan fingerprint density at radius 3 is 2.52 bits per heavy atom. The van der Waals surface area contributed by atoms with E-state index in [0.29, 0.717) is 42.3 Å². The number of carbonyl (C=O) groups is 2. The zero-order valence-electron chi connectivity index (χ0n) is 17.9. The van der Waals surface area contributed by atoms with Crippen molar-refractivity contribution in [2.24, 2.45) is 5.92 Å². The van der Waals surface area contributed by atoms with E-state index in [4.69, 9.17) is 14.2 Å². The molecule has 1 N–H and O–H groups in total. The summed E-state index contributed by atoms with van der Waals surface area (Å²) >= 11 is 0. The van der Waals surface area contributed by atoms with Crippen LogP contribution in [0.3, 0.4) is 0 Å². The van der Waals surface area contributed by atoms with Crippen molar-refractivity contribution in [1.29, 1.82) is 0 Å². The number of para-hydroxylation sites is 1. The number of aromatic nitrogens is 1. The van der Waals surface area contributed by atoms with E-state index in [-0.39, 0.29) is 35.9 Å². The van der Waals surface area contributed by atoms with Crippen molar-refractivity contribution >= 4 is 11.7 Å². The molecule has 2 aromatic carbocycles. The highest BCUT2D eigenvalue weighted by atomic mass is 16.6. The van der Waals surface area contributed by atoms with Crippen molar-refractivity contribution in [3.05, 3.63) is 90.3 Å². The van der Waals surface area contributed by atoms with Crippen LogP contribution in [0.4, 0.5) is 0 Å². The number of nitrogens with one attached hydrogen (secondary N) is 1. The van der Waals surface area contributed by atoms with E-state index in [1.165, 1.54) is 6.20 Å². The Morgan fingerprint density at radius 2 is 1.70 bits per heavy atom. The van der Waals surface area contributed by atoms with Gasteiger partial charge in [0, 0.05) is 30.3 Å². The summed E-state index contributed by atoms with van der Waals surface area (Å²) in [5.41, 5.74) is 1.08. The van der Waals surface area contributed by atoms with Crippen molar-refractivity contribution in [3.8, 4) is 11.5 Å². The van der Waals surface area contributed by atoms with Gasteiger partial charge >= 0.3 is 0 Å². The summed E-state index contributed by atoms with van der Waals surface area (Å²) in [4.78, 5) is 29.4. The van der Waals surface area contributed by atoms with Crippen LogP contribution >= 0.6 is 0 Å². The Balaban J connectivity index is 1.19. The molecule has 33 heavy (non-hydrogen) atoms. The third-order valence-corrected chi connectivity index (χ3v) is 5.98. The van der Waals surface area contributed by atoms with E-state index >= 15 is 0 Å². The Hall–Kier alpha value is -3.55. The van der Waals surface area contributed by atoms with Crippen LogP contribution in [0.15, 0.2) is 79.1 Å². The maximum absolute atomic E-state index is 13.0. The average molecular weight is 444 g/mol. The largest absolute Gasteiger partial charge is 0.457 e. The second-order valence-electron chi connectivity index (χ2n) is 8.25. The molecule has 0 aliphatic carbocycles. The Labute approximate surface area is 191 Å². The van der Waals surface area contributed by atoms with Gasteiger partial charge < -0.3 is 19.5 Å². The van der Waals surface area contributed by atoms with Crippen LogP contribution in [0.2, 0.25) is 0 Å². The standard InChI is InChI=1S/C26H24N2O5/c29-23(17-6-4-10-21(12-17)33-20-8-2-1-3-9-20)13-19-15-31-25-22(16-32-24(19)25)28-26(30)18-7-5-11-27-14-18/h1-12,14,19,22,24-25H,13,15-16H2,(H,28,30)/t19-,22-,24+,25+/m0/s1. The second-order valence-corrected chi connectivity index (χ2v) is 8.25. The van der Waals surface area contributed by atoms with Gasteiger partial charge in [0.05, 0.1) is 30.9 Å². The lowest BCUT2D eigenvalue weighted by Crippen LogP contribution is -2.44. The fourth-order valence-electron chi connectivity index (χ4n) is 4.34. The molecule has 2 aliphatic rings. The van der Waals surface area contributed by atoms with Crippen LogP contribution in [0, 0.1) is 5.92 Å². The summed E-state index contributed by atoms with van der Waals surface area (Å²) in [6.45, 7) is 0.771. The molecule has 0 spiro atoms. The summed E-state index contributed by atoms with van der Waals surface area (Å²) in [6, 6.07) is 19.8. The first-order chi connectivity index (χ1) is 16.2. The van der Waals surface area contributed by atoms with Gasteiger partial charge in [-0.1, -0.05) is 30.3 Å². The normalized spacial score (nSPS) is 23.6. The zero-order valence-corrected chi connectivity index (χ0v) is 17.9. The number of carbonyl (C=O) groups excluding carboxylic acids is 2. The van der Waals surface area contributed by atoms with E-state index in [9.17, 15) is 9.59 Å². The molecule has 2 aliphatic heterocycles. The van der Waals surface area contributed by atoms with Crippen molar-refractivity contribution in [1.82, 2.24) is 10.3 Å². The van der Waals surface area contributed by atoms with Gasteiger partial charge in [-0.05, 0) is 36.4 Å². The van der Waals surface area contributed by atoms with Crippen molar-refractivity contribution < 1.29 is 23.8 Å². The highest BCUT2D eigenvalue weighted by molar-refractivity contribution is 5.96. The number of nitrogens with zero attached hydrogens (tertiary/aromatic N) is 1. The van der Waals surface area contributed by atoms with Crippen LogP contribution in [0.25, 0.3) is 0 Å². The number of hydrogen-bond acceptors (Lipinski definition) is 6. The molecular weight excluding hydrogens is 420 g/mol. The second kappa shape index (κ2) is 9.52. The van der Waals surface area contributed by atoms with Gasteiger partial charge in [0.25, 0.3) is 5.91 Å². The number of benzene rings is 2. The van der Waals surface area contributed by atoms with Gasteiger partial charge in [-0.25, -0.2) is 0 Å². The Bertz CT molecular complexity index is 1120. The van der Waals surface area contributed by atoms with Crippen LogP contribution in [0.5, 0.6) is 11.5 Å². The first-order valence-corrected chi connectivity index (χ1v) is 11.0. The summed E-state index contributed by atoms with van der Waals surface area (Å²) in [5.74, 6) is 1.06. The predicted molar refractivity (Wildman–Crippen MR) is 120 cm³/mol. The summed E-state index contributed by atoms with van der Waals surface area (Å²) in [7, 11) is 0. The average Bonchev–Trinajstić information content (AvgIpc) is 3.44. The number of Topliss-reactive ketones (excluding diaryl/α,β-unsaturated/α-hetero) is 1. The topological polar surface area (TPSA) is 86.8 Å². The maximum Gasteiger partial charge on any atom is 0.253 e. The van der Waals surface area contributed by atoms with Gasteiger partial charge in [0.1, 0.15) is 17.6 Å². The minimum absolute atomic E-state index is 0.00853. The van der Waals surface area contributed by atoms with Crippen LogP contribution in [0.1, 0.15) is 27.1 Å². The van der Waals surface area contributed by atoms with E-state index < -0.39 is 0 Å². The third-order valence-electron chi connectivity index (χ3n) is 5.98. The Morgan fingerprint density at radius 1 is 0.909 bits per heavy atom. The summed E-state index contributed by atoms with van der Waals surface area (Å²) in [6.07, 6.45) is 2.96. The number of ether oxygens (including phenoxy) is 3. The van der Waals surface area contributed by atoms with E-state index in [2.05, 4.69) is 10.3 Å². The molecule has 3 aromatic rings. The molecule has 0 bridgehead atoms. The number of rotatable bonds is 7. The quantitative estimate of drug-likeness (QED) is 0.560. The number of amides is 1. The summed E-state index contributed by atoms with van der Waals surface area (Å²) < 4.78 is 17.7. The minimum atomic E-state index is -0.267. The first kappa shape index (κ1) is 21.3. The molecule has 2 fully saturated rings. The molecule has 1 aromatic heterocycles. The molecule has 7 heteroatoms. The lowest BCUT2D eigenvalue weighted by Gasteiger charge is -2.18. The maximum atomic E-state index is 13.0. The van der Waals surface area contributed by atoms with Gasteiger partial charge in [-0.2, -0.15) is 0 Å². The molecule has 0 unspecified atom stereocenters. The third kappa shape index (κ3) is 4.79. The molecule has 168 valence electrons. The molecule has 0 saturated carbocycles. The van der Waals surface area contributed by atoms with Crippen LogP contribution < -0.4 is 10.1 Å². The minimum Gasteiger partial charge on any atom is -0.457 e. The monoisotopic (exact) mass is 444 g/mol. The first-order valence-electron chi connectivity index (χ1n) is 11.0. The molecule has 3 heterocycles. The predicted octanol–water partition coefficient (Wildman–Crippen LogP) is 3.66. The van der Waals surface area contributed by atoms with E-state index in [1.54, 1.807) is 30.5 Å². The number of ketones is 1. The highest BCUT2D eigenvalue weighted by Crippen LogP contribution is 2.34. The zero-order chi connectivity index (χ0) is 22.6. The number of hydrogen-bond donors (Lipinski definition) is 1. The molecule has 7 nitrogen and oxygen atoms in total. The van der Waals surface area contributed by atoms with Crippen LogP contribution in [-0.2, 0) is 9.47 Å². The van der Waals surface area contributed by atoms with Gasteiger partial charge in [0.15, 0.2) is 5.78 Å². The lowest BCUT2D eigenvalue weighted by molar-refractivity contribution is 0.0591. The smallest absolute Gasteiger partial charge is 0.253 e.